The van der Waals surface area contributed by atoms with Crippen molar-refractivity contribution in [2.24, 2.45) is 5.14 Å². The van der Waals surface area contributed by atoms with E-state index in [9.17, 15) is 13.2 Å². The zero-order valence-corrected chi connectivity index (χ0v) is 16.6. The minimum atomic E-state index is -3.78. The van der Waals surface area contributed by atoms with Crippen LogP contribution in [-0.4, -0.2) is 14.3 Å². The van der Waals surface area contributed by atoms with E-state index in [0.717, 1.165) is 0 Å². The molecule has 3 aromatic rings. The number of anilines is 1. The summed E-state index contributed by atoms with van der Waals surface area (Å²) in [6, 6.07) is 14.1. The van der Waals surface area contributed by atoms with Gasteiger partial charge < -0.3 is 9.73 Å². The Labute approximate surface area is 171 Å². The highest BCUT2D eigenvalue weighted by Crippen LogP contribution is 2.34. The van der Waals surface area contributed by atoms with E-state index in [1.807, 2.05) is 0 Å². The predicted octanol–water partition coefficient (Wildman–Crippen LogP) is 4.55. The van der Waals surface area contributed by atoms with Crippen LogP contribution < -0.4 is 10.5 Å². The van der Waals surface area contributed by atoms with Crippen molar-refractivity contribution < 1.29 is 17.6 Å². The molecular weight excluding hydrogens is 423 g/mol. The topological polar surface area (TPSA) is 102 Å². The van der Waals surface area contributed by atoms with Gasteiger partial charge in [0.25, 0.3) is 0 Å². The van der Waals surface area contributed by atoms with Crippen molar-refractivity contribution in [1.29, 1.82) is 0 Å². The van der Waals surface area contributed by atoms with E-state index >= 15 is 0 Å². The highest BCUT2D eigenvalue weighted by atomic mass is 35.5. The monoisotopic (exact) mass is 436 g/mol. The number of rotatable bonds is 5. The summed E-state index contributed by atoms with van der Waals surface area (Å²) >= 11 is 12.2. The Bertz CT molecular complexity index is 1150. The summed E-state index contributed by atoms with van der Waals surface area (Å²) in [5, 5.41) is 8.43. The van der Waals surface area contributed by atoms with Gasteiger partial charge in [-0.2, -0.15) is 0 Å². The number of benzene rings is 2. The molecule has 0 unspecified atom stereocenters. The van der Waals surface area contributed by atoms with Crippen LogP contribution in [0.5, 0.6) is 0 Å². The van der Waals surface area contributed by atoms with Crippen LogP contribution in [0.2, 0.25) is 10.0 Å². The number of sulfonamides is 1. The molecule has 2 aromatic carbocycles. The maximum atomic E-state index is 12.0. The minimum Gasteiger partial charge on any atom is -0.457 e. The van der Waals surface area contributed by atoms with Gasteiger partial charge in [0.15, 0.2) is 0 Å². The van der Waals surface area contributed by atoms with Gasteiger partial charge >= 0.3 is 0 Å². The van der Waals surface area contributed by atoms with Crippen molar-refractivity contribution in [2.45, 2.75) is 4.90 Å². The maximum absolute atomic E-state index is 12.0. The van der Waals surface area contributed by atoms with Gasteiger partial charge in [-0.05, 0) is 54.6 Å². The second-order valence-corrected chi connectivity index (χ2v) is 8.04. The second kappa shape index (κ2) is 8.20. The average Bonchev–Trinajstić information content (AvgIpc) is 3.11. The predicted molar refractivity (Wildman–Crippen MR) is 110 cm³/mol. The first-order valence-corrected chi connectivity index (χ1v) is 10.2. The molecule has 1 amide bonds. The molecule has 0 saturated carbocycles. The zero-order valence-electron chi connectivity index (χ0n) is 14.2. The Morgan fingerprint density at radius 3 is 2.43 bits per heavy atom. The highest BCUT2D eigenvalue weighted by Gasteiger charge is 2.10. The molecular formula is C19H14Cl2N2O4S. The molecule has 0 radical (unpaired) electrons. The lowest BCUT2D eigenvalue weighted by atomic mass is 10.2. The first-order valence-electron chi connectivity index (χ1n) is 7.90. The number of furan rings is 1. The molecule has 0 bridgehead atoms. The van der Waals surface area contributed by atoms with Crippen molar-refractivity contribution in [3.63, 3.8) is 0 Å². The summed E-state index contributed by atoms with van der Waals surface area (Å²) in [5.74, 6) is 0.555. The van der Waals surface area contributed by atoms with Crippen LogP contribution in [-0.2, 0) is 14.8 Å². The molecule has 1 aromatic heterocycles. The van der Waals surface area contributed by atoms with E-state index in [0.29, 0.717) is 32.8 Å². The van der Waals surface area contributed by atoms with Gasteiger partial charge in [-0.15, -0.1) is 0 Å². The smallest absolute Gasteiger partial charge is 0.248 e. The lowest BCUT2D eigenvalue weighted by Crippen LogP contribution is -2.12. The van der Waals surface area contributed by atoms with Crippen molar-refractivity contribution in [3.8, 4) is 11.3 Å². The van der Waals surface area contributed by atoms with E-state index in [-0.39, 0.29) is 4.90 Å². The summed E-state index contributed by atoms with van der Waals surface area (Å²) in [5.41, 5.74) is 1.07. The Balaban J connectivity index is 1.68. The standard InChI is InChI=1S/C19H14Cl2N2O4S/c20-16-3-1-2-15(19(16)21)17-10-6-13(27-17)7-11-18(24)23-12-4-8-14(9-5-12)28(22,25)26/h1-11H,(H,23,24)(H2,22,25,26). The van der Waals surface area contributed by atoms with Crippen LogP contribution in [0.25, 0.3) is 17.4 Å². The normalized spacial score (nSPS) is 11.7. The molecule has 3 rings (SSSR count). The molecule has 0 atom stereocenters. The minimum absolute atomic E-state index is 0.0381. The number of carbonyl (C=O) groups is 1. The SMILES string of the molecule is NS(=O)(=O)c1ccc(NC(=O)C=Cc2ccc(-c3cccc(Cl)c3Cl)o2)cc1. The molecule has 144 valence electrons. The first-order chi connectivity index (χ1) is 13.2. The molecule has 6 nitrogen and oxygen atoms in total. The molecule has 0 aliphatic heterocycles. The van der Waals surface area contributed by atoms with Gasteiger partial charge in [0.2, 0.25) is 15.9 Å². The highest BCUT2D eigenvalue weighted by molar-refractivity contribution is 7.89. The number of nitrogens with one attached hydrogen (secondary N) is 1. The Morgan fingerprint density at radius 1 is 1.04 bits per heavy atom. The van der Waals surface area contributed by atoms with Crippen LogP contribution in [0.3, 0.4) is 0 Å². The van der Waals surface area contributed by atoms with E-state index in [1.165, 1.54) is 36.4 Å². The van der Waals surface area contributed by atoms with Crippen LogP contribution >= 0.6 is 23.2 Å². The lowest BCUT2D eigenvalue weighted by molar-refractivity contribution is -0.111. The molecule has 3 N–H and O–H groups in total. The fourth-order valence-corrected chi connectivity index (χ4v) is 3.26. The molecule has 0 fully saturated rings. The molecule has 9 heteroatoms. The third-order valence-corrected chi connectivity index (χ3v) is 5.44. The quantitative estimate of drug-likeness (QED) is 0.572. The van der Waals surface area contributed by atoms with Gasteiger partial charge in [-0.1, -0.05) is 29.3 Å². The zero-order chi connectivity index (χ0) is 20.3. The third-order valence-electron chi connectivity index (χ3n) is 3.69. The summed E-state index contributed by atoms with van der Waals surface area (Å²) in [6.45, 7) is 0. The van der Waals surface area contributed by atoms with Crippen molar-refractivity contribution in [3.05, 3.63) is 76.5 Å². The van der Waals surface area contributed by atoms with E-state index in [2.05, 4.69) is 5.32 Å². The number of nitrogens with two attached hydrogens (primary N) is 1. The lowest BCUT2D eigenvalue weighted by Gasteiger charge is -2.03. The summed E-state index contributed by atoms with van der Waals surface area (Å²) in [6.07, 6.45) is 2.78. The fourth-order valence-electron chi connectivity index (χ4n) is 2.35. The Morgan fingerprint density at radius 2 is 1.75 bits per heavy atom. The van der Waals surface area contributed by atoms with E-state index < -0.39 is 15.9 Å². The van der Waals surface area contributed by atoms with E-state index in [4.69, 9.17) is 32.8 Å². The molecule has 0 aliphatic rings. The van der Waals surface area contributed by atoms with Gasteiger partial charge in [0, 0.05) is 17.3 Å². The number of hydrogen-bond acceptors (Lipinski definition) is 4. The van der Waals surface area contributed by atoms with Gasteiger partial charge in [-0.25, -0.2) is 13.6 Å². The maximum Gasteiger partial charge on any atom is 0.248 e. The van der Waals surface area contributed by atoms with Gasteiger partial charge in [0.1, 0.15) is 11.5 Å². The number of primary sulfonamides is 1. The van der Waals surface area contributed by atoms with Crippen molar-refractivity contribution in [1.82, 2.24) is 0 Å². The number of halogens is 2. The van der Waals surface area contributed by atoms with Crippen molar-refractivity contribution >= 4 is 50.9 Å². The molecule has 28 heavy (non-hydrogen) atoms. The summed E-state index contributed by atoms with van der Waals surface area (Å²) in [7, 11) is -3.78. The van der Waals surface area contributed by atoms with Gasteiger partial charge in [-0.3, -0.25) is 4.79 Å². The first kappa shape index (κ1) is 20.2. The van der Waals surface area contributed by atoms with Crippen LogP contribution in [0.1, 0.15) is 5.76 Å². The number of amides is 1. The average molecular weight is 437 g/mol. The second-order valence-electron chi connectivity index (χ2n) is 5.70. The third kappa shape index (κ3) is 4.82. The Kier molecular flexibility index (Phi) is 5.90. The summed E-state index contributed by atoms with van der Waals surface area (Å²) < 4.78 is 28.1. The van der Waals surface area contributed by atoms with Crippen LogP contribution in [0, 0.1) is 0 Å². The number of hydrogen-bond donors (Lipinski definition) is 2. The Hall–Kier alpha value is -2.58. The molecule has 1 heterocycles. The molecule has 0 spiro atoms. The fraction of sp³-hybridized carbons (Fsp3) is 0. The molecule has 0 aliphatic carbocycles. The molecule has 0 saturated heterocycles. The van der Waals surface area contributed by atoms with Crippen LogP contribution in [0.4, 0.5) is 5.69 Å². The van der Waals surface area contributed by atoms with Crippen molar-refractivity contribution in [2.75, 3.05) is 5.32 Å². The van der Waals surface area contributed by atoms with E-state index in [1.54, 1.807) is 30.3 Å². The van der Waals surface area contributed by atoms with Gasteiger partial charge in [0.05, 0.1) is 14.9 Å². The summed E-state index contributed by atoms with van der Waals surface area (Å²) in [4.78, 5) is 12.0. The largest absolute Gasteiger partial charge is 0.457 e. The van der Waals surface area contributed by atoms with Crippen LogP contribution in [0.15, 0.2) is 70.0 Å². The number of carbonyl (C=O) groups excluding carboxylic acids is 1.